The first kappa shape index (κ1) is 15.9. The molecule has 0 saturated heterocycles. The van der Waals surface area contributed by atoms with E-state index in [0.29, 0.717) is 13.2 Å². The molecule has 2 aromatic rings. The van der Waals surface area contributed by atoms with Crippen LogP contribution in [0.4, 0.5) is 0 Å². The van der Waals surface area contributed by atoms with Crippen LogP contribution in [-0.4, -0.2) is 19.1 Å². The van der Waals surface area contributed by atoms with Gasteiger partial charge in [0.05, 0.1) is 24.1 Å². The fraction of sp³-hybridized carbons (Fsp3) is 0.389. The van der Waals surface area contributed by atoms with Crippen molar-refractivity contribution in [1.82, 2.24) is 5.32 Å². The van der Waals surface area contributed by atoms with E-state index in [9.17, 15) is 4.79 Å². The fourth-order valence-electron chi connectivity index (χ4n) is 2.63. The van der Waals surface area contributed by atoms with Crippen molar-refractivity contribution in [3.8, 4) is 11.5 Å². The Morgan fingerprint density at radius 2 is 1.96 bits per heavy atom. The minimum Gasteiger partial charge on any atom is -0.490 e. The SMILES string of the molecule is CC(C)[C@@H](NC(=O)c1cccs1)c1ccc2c(c1)OCCCO2. The van der Waals surface area contributed by atoms with Crippen LogP contribution in [0.15, 0.2) is 35.7 Å². The van der Waals surface area contributed by atoms with Crippen LogP contribution in [0.25, 0.3) is 0 Å². The molecule has 0 radical (unpaired) electrons. The van der Waals surface area contributed by atoms with Gasteiger partial charge in [-0.2, -0.15) is 0 Å². The molecule has 1 N–H and O–H groups in total. The molecule has 1 aromatic heterocycles. The summed E-state index contributed by atoms with van der Waals surface area (Å²) in [5.74, 6) is 1.77. The predicted molar refractivity (Wildman–Crippen MR) is 91.4 cm³/mol. The lowest BCUT2D eigenvalue weighted by atomic mass is 9.95. The summed E-state index contributed by atoms with van der Waals surface area (Å²) in [6, 6.07) is 9.58. The molecule has 122 valence electrons. The van der Waals surface area contributed by atoms with Crippen LogP contribution in [-0.2, 0) is 0 Å². The average Bonchev–Trinajstić information content (AvgIpc) is 2.97. The summed E-state index contributed by atoms with van der Waals surface area (Å²) >= 11 is 1.45. The summed E-state index contributed by atoms with van der Waals surface area (Å²) in [6.07, 6.45) is 0.882. The molecule has 0 bridgehead atoms. The second kappa shape index (κ2) is 7.04. The molecule has 0 saturated carbocycles. The number of benzene rings is 1. The van der Waals surface area contributed by atoms with Gasteiger partial charge in [-0.15, -0.1) is 11.3 Å². The van der Waals surface area contributed by atoms with E-state index in [4.69, 9.17) is 9.47 Å². The largest absolute Gasteiger partial charge is 0.490 e. The Morgan fingerprint density at radius 3 is 2.65 bits per heavy atom. The Morgan fingerprint density at radius 1 is 1.17 bits per heavy atom. The third-order valence-electron chi connectivity index (χ3n) is 3.83. The van der Waals surface area contributed by atoms with Crippen LogP contribution >= 0.6 is 11.3 Å². The van der Waals surface area contributed by atoms with Crippen LogP contribution in [0.1, 0.15) is 41.5 Å². The van der Waals surface area contributed by atoms with E-state index in [1.165, 1.54) is 11.3 Å². The molecule has 1 aliphatic rings. The monoisotopic (exact) mass is 331 g/mol. The quantitative estimate of drug-likeness (QED) is 0.920. The molecule has 3 rings (SSSR count). The van der Waals surface area contributed by atoms with Gasteiger partial charge in [-0.05, 0) is 35.1 Å². The molecule has 1 aliphatic heterocycles. The van der Waals surface area contributed by atoms with Crippen molar-refractivity contribution in [3.05, 3.63) is 46.2 Å². The molecule has 2 heterocycles. The molecule has 0 aliphatic carbocycles. The van der Waals surface area contributed by atoms with Crippen molar-refractivity contribution >= 4 is 17.2 Å². The van der Waals surface area contributed by atoms with Gasteiger partial charge in [0.15, 0.2) is 11.5 Å². The lowest BCUT2D eigenvalue weighted by Gasteiger charge is -2.23. The highest BCUT2D eigenvalue weighted by molar-refractivity contribution is 7.12. The van der Waals surface area contributed by atoms with Gasteiger partial charge in [-0.3, -0.25) is 4.79 Å². The van der Waals surface area contributed by atoms with Crippen molar-refractivity contribution in [2.45, 2.75) is 26.3 Å². The van der Waals surface area contributed by atoms with Crippen LogP contribution < -0.4 is 14.8 Å². The number of thiophene rings is 1. The summed E-state index contributed by atoms with van der Waals surface area (Å²) < 4.78 is 11.4. The Balaban J connectivity index is 1.83. The molecule has 5 heteroatoms. The summed E-state index contributed by atoms with van der Waals surface area (Å²) in [7, 11) is 0. The normalized spacial score (nSPS) is 15.1. The maximum absolute atomic E-state index is 12.4. The Kier molecular flexibility index (Phi) is 4.86. The first-order chi connectivity index (χ1) is 11.1. The number of carbonyl (C=O) groups is 1. The third-order valence-corrected chi connectivity index (χ3v) is 4.70. The van der Waals surface area contributed by atoms with Crippen molar-refractivity contribution in [2.75, 3.05) is 13.2 Å². The van der Waals surface area contributed by atoms with E-state index < -0.39 is 0 Å². The first-order valence-electron chi connectivity index (χ1n) is 7.89. The number of nitrogens with one attached hydrogen (secondary N) is 1. The number of rotatable bonds is 4. The molecule has 23 heavy (non-hydrogen) atoms. The van der Waals surface area contributed by atoms with Crippen LogP contribution in [0, 0.1) is 5.92 Å². The molecular weight excluding hydrogens is 310 g/mol. The number of ether oxygens (including phenoxy) is 2. The van der Waals surface area contributed by atoms with Crippen molar-refractivity contribution in [1.29, 1.82) is 0 Å². The standard InChI is InChI=1S/C18H21NO3S/c1-12(2)17(19-18(20)16-5-3-10-23-16)13-6-7-14-15(11-13)22-9-4-8-21-14/h3,5-7,10-12,17H,4,8-9H2,1-2H3,(H,19,20)/t17-/m1/s1. The van der Waals surface area contributed by atoms with Gasteiger partial charge in [0.2, 0.25) is 0 Å². The highest BCUT2D eigenvalue weighted by Crippen LogP contribution is 2.34. The van der Waals surface area contributed by atoms with Gasteiger partial charge >= 0.3 is 0 Å². The molecule has 1 aromatic carbocycles. The number of hydrogen-bond donors (Lipinski definition) is 1. The zero-order chi connectivity index (χ0) is 16.2. The third kappa shape index (κ3) is 3.67. The highest BCUT2D eigenvalue weighted by atomic mass is 32.1. The average molecular weight is 331 g/mol. The summed E-state index contributed by atoms with van der Waals surface area (Å²) in [5, 5.41) is 5.04. The fourth-order valence-corrected chi connectivity index (χ4v) is 3.26. The van der Waals surface area contributed by atoms with E-state index in [1.807, 2.05) is 35.7 Å². The molecular formula is C18H21NO3S. The summed E-state index contributed by atoms with van der Waals surface area (Å²) in [5.41, 5.74) is 1.04. The number of amides is 1. The van der Waals surface area contributed by atoms with Crippen LogP contribution in [0.2, 0.25) is 0 Å². The molecule has 1 atom stereocenters. The van der Waals surface area contributed by atoms with E-state index in [2.05, 4.69) is 19.2 Å². The van der Waals surface area contributed by atoms with E-state index in [-0.39, 0.29) is 17.9 Å². The second-order valence-electron chi connectivity index (χ2n) is 5.93. The first-order valence-corrected chi connectivity index (χ1v) is 8.77. The van der Waals surface area contributed by atoms with Crippen molar-refractivity contribution in [2.24, 2.45) is 5.92 Å². The van der Waals surface area contributed by atoms with Gasteiger partial charge in [0, 0.05) is 6.42 Å². The maximum Gasteiger partial charge on any atom is 0.261 e. The molecule has 0 fully saturated rings. The van der Waals surface area contributed by atoms with E-state index in [1.54, 1.807) is 0 Å². The Bertz CT molecular complexity index is 667. The van der Waals surface area contributed by atoms with Crippen LogP contribution in [0.5, 0.6) is 11.5 Å². The van der Waals surface area contributed by atoms with E-state index in [0.717, 1.165) is 28.4 Å². The molecule has 0 spiro atoms. The molecule has 1 amide bonds. The molecule has 4 nitrogen and oxygen atoms in total. The van der Waals surface area contributed by atoms with Gasteiger partial charge in [0.1, 0.15) is 0 Å². The predicted octanol–water partition coefficient (Wildman–Crippen LogP) is 4.04. The minimum absolute atomic E-state index is 0.0363. The highest BCUT2D eigenvalue weighted by Gasteiger charge is 2.22. The summed E-state index contributed by atoms with van der Waals surface area (Å²) in [6.45, 7) is 5.53. The Hall–Kier alpha value is -2.01. The number of carbonyl (C=O) groups excluding carboxylic acids is 1. The van der Waals surface area contributed by atoms with Gasteiger partial charge < -0.3 is 14.8 Å². The van der Waals surface area contributed by atoms with Crippen molar-refractivity contribution in [3.63, 3.8) is 0 Å². The lowest BCUT2D eigenvalue weighted by Crippen LogP contribution is -2.31. The van der Waals surface area contributed by atoms with Crippen LogP contribution in [0.3, 0.4) is 0 Å². The lowest BCUT2D eigenvalue weighted by molar-refractivity contribution is 0.0929. The smallest absolute Gasteiger partial charge is 0.261 e. The minimum atomic E-state index is -0.0678. The van der Waals surface area contributed by atoms with Crippen molar-refractivity contribution < 1.29 is 14.3 Å². The second-order valence-corrected chi connectivity index (χ2v) is 6.88. The Labute approximate surface area is 140 Å². The van der Waals surface area contributed by atoms with E-state index >= 15 is 0 Å². The number of hydrogen-bond acceptors (Lipinski definition) is 4. The zero-order valence-electron chi connectivity index (χ0n) is 13.4. The zero-order valence-corrected chi connectivity index (χ0v) is 14.2. The maximum atomic E-state index is 12.4. The van der Waals surface area contributed by atoms with Gasteiger partial charge in [0.25, 0.3) is 5.91 Å². The summed E-state index contributed by atoms with van der Waals surface area (Å²) in [4.78, 5) is 13.1. The topological polar surface area (TPSA) is 47.6 Å². The van der Waals surface area contributed by atoms with Gasteiger partial charge in [-0.1, -0.05) is 26.0 Å². The van der Waals surface area contributed by atoms with Gasteiger partial charge in [-0.25, -0.2) is 0 Å². The number of fused-ring (bicyclic) bond motifs is 1. The molecule has 0 unspecified atom stereocenters.